The maximum absolute atomic E-state index is 13.2. The van der Waals surface area contributed by atoms with E-state index < -0.39 is 0 Å². The van der Waals surface area contributed by atoms with Gasteiger partial charge < -0.3 is 5.32 Å². The van der Waals surface area contributed by atoms with Crippen molar-refractivity contribution in [2.75, 3.05) is 0 Å². The molecule has 0 amide bonds. The quantitative estimate of drug-likeness (QED) is 0.826. The van der Waals surface area contributed by atoms with Crippen LogP contribution in [0.4, 0.5) is 4.39 Å². The summed E-state index contributed by atoms with van der Waals surface area (Å²) in [6.45, 7) is 0. The fourth-order valence-electron chi connectivity index (χ4n) is 3.61. The highest BCUT2D eigenvalue weighted by atomic mass is 79.9. The highest BCUT2D eigenvalue weighted by molar-refractivity contribution is 9.12. The summed E-state index contributed by atoms with van der Waals surface area (Å²) in [6.07, 6.45) is 4.93. The van der Waals surface area contributed by atoms with Crippen molar-refractivity contribution in [3.8, 4) is 4.98 Å². The molecule has 2 aromatic rings. The maximum Gasteiger partial charge on any atom is 0.142 e. The minimum atomic E-state index is -0.217. The number of benzene rings is 1. The largest absolute Gasteiger partial charge is 0.311 e. The monoisotopic (exact) mass is 350 g/mol. The van der Waals surface area contributed by atoms with Gasteiger partial charge in [0.1, 0.15) is 10.8 Å². The van der Waals surface area contributed by atoms with E-state index >= 15 is 0 Å². The van der Waals surface area contributed by atoms with Crippen molar-refractivity contribution < 1.29 is 4.39 Å². The van der Waals surface area contributed by atoms with Crippen LogP contribution in [0.5, 0.6) is 0 Å². The van der Waals surface area contributed by atoms with Gasteiger partial charge in [-0.1, -0.05) is 0 Å². The van der Waals surface area contributed by atoms with Crippen molar-refractivity contribution >= 4 is 26.8 Å². The molecule has 1 aromatic carbocycles. The Morgan fingerprint density at radius 3 is 2.62 bits per heavy atom. The summed E-state index contributed by atoms with van der Waals surface area (Å²) in [6, 6.07) is 6.20. The van der Waals surface area contributed by atoms with E-state index in [4.69, 9.17) is 5.26 Å². The molecule has 0 aliphatic carbocycles. The molecule has 1 aromatic heterocycles. The molecule has 2 N–H and O–H groups in total. The Balaban J connectivity index is 0.000000409. The number of piperidine rings is 1. The van der Waals surface area contributed by atoms with Gasteiger partial charge in [-0.2, -0.15) is 10.4 Å². The van der Waals surface area contributed by atoms with Crippen LogP contribution in [0.25, 0.3) is 10.9 Å². The second kappa shape index (κ2) is 6.12. The molecule has 2 aliphatic rings. The normalized spacial score (nSPS) is 27.0. The van der Waals surface area contributed by atoms with Gasteiger partial charge >= 0.3 is 0 Å². The minimum absolute atomic E-state index is 0.217. The third-order valence-electron chi connectivity index (χ3n) is 4.43. The number of rotatable bonds is 1. The summed E-state index contributed by atoms with van der Waals surface area (Å²) < 4.78 is 13.2. The molecular formula is C15H16BrFN4. The van der Waals surface area contributed by atoms with Crippen LogP contribution in [0, 0.1) is 16.1 Å². The second-order valence-electron chi connectivity index (χ2n) is 5.69. The van der Waals surface area contributed by atoms with Gasteiger partial charge in [0.15, 0.2) is 0 Å². The molecule has 0 spiro atoms. The molecule has 2 unspecified atom stereocenters. The standard InChI is InChI=1S/C14H16FN3.CBrN/c15-9-1-4-12-13(7-9)17-18-14(12)8-5-10-2-3-11(6-8)16-10;2-1-3/h1,4,7-8,10-11,16H,2-3,5-6H2,(H,17,18);. The first-order chi connectivity index (χ1) is 10.2. The Morgan fingerprint density at radius 2 is 1.95 bits per heavy atom. The SMILES string of the molecule is Fc1ccc2c(C3CC4CCC(C3)N4)[nH]nc2c1.N#CBr. The van der Waals surface area contributed by atoms with E-state index in [1.165, 1.54) is 43.5 Å². The number of aromatic amines is 1. The van der Waals surface area contributed by atoms with Crippen LogP contribution < -0.4 is 5.32 Å². The van der Waals surface area contributed by atoms with E-state index in [1.807, 2.05) is 6.07 Å². The lowest BCUT2D eigenvalue weighted by atomic mass is 9.88. The van der Waals surface area contributed by atoms with E-state index in [0.29, 0.717) is 18.0 Å². The van der Waals surface area contributed by atoms with Gasteiger partial charge in [0, 0.05) is 51.1 Å². The fourth-order valence-corrected chi connectivity index (χ4v) is 3.61. The lowest BCUT2D eigenvalue weighted by molar-refractivity contribution is 0.360. The van der Waals surface area contributed by atoms with E-state index in [0.717, 1.165) is 10.9 Å². The van der Waals surface area contributed by atoms with Crippen LogP contribution in [-0.4, -0.2) is 22.3 Å². The molecule has 2 aliphatic heterocycles. The zero-order valence-electron chi connectivity index (χ0n) is 11.4. The summed E-state index contributed by atoms with van der Waals surface area (Å²) in [5, 5.41) is 19.3. The van der Waals surface area contributed by atoms with E-state index in [2.05, 4.69) is 31.4 Å². The number of aromatic nitrogens is 2. The Hall–Kier alpha value is -1.45. The van der Waals surface area contributed by atoms with E-state index in [9.17, 15) is 4.39 Å². The summed E-state index contributed by atoms with van der Waals surface area (Å²) >= 11 is 2.45. The second-order valence-corrected chi connectivity index (χ2v) is 6.04. The van der Waals surface area contributed by atoms with Crippen molar-refractivity contribution in [1.29, 1.82) is 5.26 Å². The highest BCUT2D eigenvalue weighted by Gasteiger charge is 2.35. The number of halogens is 2. The zero-order valence-corrected chi connectivity index (χ0v) is 13.0. The number of hydrogen-bond donors (Lipinski definition) is 2. The number of fused-ring (bicyclic) bond motifs is 3. The molecule has 3 heterocycles. The molecule has 2 bridgehead atoms. The lowest BCUT2D eigenvalue weighted by Gasteiger charge is -2.28. The van der Waals surface area contributed by atoms with E-state index in [-0.39, 0.29) is 5.82 Å². The first-order valence-electron chi connectivity index (χ1n) is 7.10. The Labute approximate surface area is 130 Å². The molecule has 21 heavy (non-hydrogen) atoms. The van der Waals surface area contributed by atoms with Gasteiger partial charge in [-0.15, -0.1) is 0 Å². The van der Waals surface area contributed by atoms with Crippen molar-refractivity contribution in [2.45, 2.75) is 43.7 Å². The highest BCUT2D eigenvalue weighted by Crippen LogP contribution is 2.38. The molecule has 6 heteroatoms. The first-order valence-corrected chi connectivity index (χ1v) is 7.90. The van der Waals surface area contributed by atoms with Crippen molar-refractivity contribution in [2.24, 2.45) is 0 Å². The predicted octanol–water partition coefficient (Wildman–Crippen LogP) is 3.56. The molecule has 0 radical (unpaired) electrons. The number of nitrogens with one attached hydrogen (secondary N) is 2. The number of nitriles is 1. The first kappa shape index (κ1) is 14.5. The van der Waals surface area contributed by atoms with Gasteiger partial charge in [0.05, 0.1) is 5.52 Å². The molecule has 0 saturated carbocycles. The zero-order chi connectivity index (χ0) is 14.8. The Kier molecular flexibility index (Phi) is 4.22. The van der Waals surface area contributed by atoms with Crippen LogP contribution in [0.3, 0.4) is 0 Å². The van der Waals surface area contributed by atoms with Gasteiger partial charge in [-0.3, -0.25) is 5.10 Å². The summed E-state index contributed by atoms with van der Waals surface area (Å²) in [7, 11) is 0. The predicted molar refractivity (Wildman–Crippen MR) is 82.5 cm³/mol. The topological polar surface area (TPSA) is 64.5 Å². The average Bonchev–Trinajstić information content (AvgIpc) is 3.02. The maximum atomic E-state index is 13.2. The van der Waals surface area contributed by atoms with Gasteiger partial charge in [-0.25, -0.2) is 4.39 Å². The summed E-state index contributed by atoms with van der Waals surface area (Å²) in [4.78, 5) is 1.56. The third kappa shape index (κ3) is 2.94. The van der Waals surface area contributed by atoms with Gasteiger partial charge in [0.2, 0.25) is 0 Å². The van der Waals surface area contributed by atoms with E-state index in [1.54, 1.807) is 4.98 Å². The van der Waals surface area contributed by atoms with Gasteiger partial charge in [0.25, 0.3) is 0 Å². The minimum Gasteiger partial charge on any atom is -0.311 e. The molecular weight excluding hydrogens is 335 g/mol. The smallest absolute Gasteiger partial charge is 0.142 e. The molecule has 110 valence electrons. The number of H-pyrrole nitrogens is 1. The van der Waals surface area contributed by atoms with Gasteiger partial charge in [-0.05, 0) is 37.8 Å². The molecule has 2 saturated heterocycles. The van der Waals surface area contributed by atoms with Crippen molar-refractivity contribution in [1.82, 2.24) is 15.5 Å². The third-order valence-corrected chi connectivity index (χ3v) is 4.43. The van der Waals surface area contributed by atoms with Crippen LogP contribution in [-0.2, 0) is 0 Å². The molecule has 4 rings (SSSR count). The number of nitrogens with zero attached hydrogens (tertiary/aromatic N) is 2. The average molecular weight is 351 g/mol. The molecule has 2 atom stereocenters. The Bertz CT molecular complexity index is 666. The Morgan fingerprint density at radius 1 is 1.29 bits per heavy atom. The molecule has 4 nitrogen and oxygen atoms in total. The molecule has 2 fully saturated rings. The fraction of sp³-hybridized carbons (Fsp3) is 0.467. The lowest BCUT2D eigenvalue weighted by Crippen LogP contribution is -2.37. The summed E-state index contributed by atoms with van der Waals surface area (Å²) in [5.74, 6) is 0.324. The van der Waals surface area contributed by atoms with Crippen LogP contribution in [0.2, 0.25) is 0 Å². The summed E-state index contributed by atoms with van der Waals surface area (Å²) in [5.41, 5.74) is 1.94. The van der Waals surface area contributed by atoms with Crippen molar-refractivity contribution in [3.63, 3.8) is 0 Å². The van der Waals surface area contributed by atoms with Crippen LogP contribution in [0.15, 0.2) is 18.2 Å². The van der Waals surface area contributed by atoms with Crippen LogP contribution >= 0.6 is 15.9 Å². The number of hydrogen-bond acceptors (Lipinski definition) is 3. The van der Waals surface area contributed by atoms with Crippen LogP contribution in [0.1, 0.15) is 37.3 Å². The van der Waals surface area contributed by atoms with Crippen molar-refractivity contribution in [3.05, 3.63) is 29.7 Å².